The third kappa shape index (κ3) is 0.942. The number of hydrogen-bond donors (Lipinski definition) is 0. The molecule has 2 aromatic heterocycles. The fraction of sp³-hybridized carbons (Fsp3) is 0.222. The lowest BCUT2D eigenvalue weighted by Gasteiger charge is -1.96. The van der Waals surface area contributed by atoms with Crippen molar-refractivity contribution in [3.8, 4) is 0 Å². The standard InChI is InChI=1S/C9H9NS/c1-6-5-10-7(2)8-3-4-11-9(6)8/h3-5H,1-2H3. The second kappa shape index (κ2) is 2.31. The van der Waals surface area contributed by atoms with Gasteiger partial charge < -0.3 is 0 Å². The minimum atomic E-state index is 1.13. The molecule has 2 rings (SSSR count). The van der Waals surface area contributed by atoms with Gasteiger partial charge in [0.25, 0.3) is 0 Å². The zero-order chi connectivity index (χ0) is 7.84. The smallest absolute Gasteiger partial charge is 0.0459 e. The van der Waals surface area contributed by atoms with Crippen LogP contribution in [0.2, 0.25) is 0 Å². The van der Waals surface area contributed by atoms with E-state index in [2.05, 4.69) is 30.3 Å². The minimum absolute atomic E-state index is 1.13. The Morgan fingerprint density at radius 3 is 2.91 bits per heavy atom. The van der Waals surface area contributed by atoms with Crippen LogP contribution >= 0.6 is 11.3 Å². The molecule has 2 heterocycles. The largest absolute Gasteiger partial charge is 0.261 e. The Morgan fingerprint density at radius 1 is 1.36 bits per heavy atom. The van der Waals surface area contributed by atoms with Crippen molar-refractivity contribution in [3.63, 3.8) is 0 Å². The lowest BCUT2D eigenvalue weighted by molar-refractivity contribution is 1.21. The van der Waals surface area contributed by atoms with Crippen LogP contribution in [0.5, 0.6) is 0 Å². The first-order valence-corrected chi connectivity index (χ1v) is 4.46. The van der Waals surface area contributed by atoms with Crippen LogP contribution in [0, 0.1) is 13.8 Å². The summed E-state index contributed by atoms with van der Waals surface area (Å²) in [6.45, 7) is 4.15. The highest BCUT2D eigenvalue weighted by molar-refractivity contribution is 7.17. The summed E-state index contributed by atoms with van der Waals surface area (Å²) in [6.07, 6.45) is 1.94. The van der Waals surface area contributed by atoms with E-state index in [9.17, 15) is 0 Å². The topological polar surface area (TPSA) is 12.9 Å². The van der Waals surface area contributed by atoms with E-state index >= 15 is 0 Å². The van der Waals surface area contributed by atoms with Crippen LogP contribution in [-0.2, 0) is 0 Å². The fourth-order valence-electron chi connectivity index (χ4n) is 1.22. The summed E-state index contributed by atoms with van der Waals surface area (Å²) >= 11 is 1.79. The zero-order valence-electron chi connectivity index (χ0n) is 6.59. The Morgan fingerprint density at radius 2 is 2.18 bits per heavy atom. The van der Waals surface area contributed by atoms with Crippen LogP contribution in [0.1, 0.15) is 11.3 Å². The van der Waals surface area contributed by atoms with E-state index in [-0.39, 0.29) is 0 Å². The molecule has 0 fully saturated rings. The molecule has 56 valence electrons. The molecule has 0 atom stereocenters. The van der Waals surface area contributed by atoms with Crippen LogP contribution in [0.3, 0.4) is 0 Å². The first-order valence-electron chi connectivity index (χ1n) is 3.58. The van der Waals surface area contributed by atoms with Gasteiger partial charge in [-0.1, -0.05) is 0 Å². The Labute approximate surface area is 69.7 Å². The molecule has 0 aromatic carbocycles. The summed E-state index contributed by atoms with van der Waals surface area (Å²) in [5.41, 5.74) is 2.41. The van der Waals surface area contributed by atoms with Crippen LogP contribution < -0.4 is 0 Å². The van der Waals surface area contributed by atoms with Crippen molar-refractivity contribution < 1.29 is 0 Å². The molecule has 0 unspecified atom stereocenters. The summed E-state index contributed by atoms with van der Waals surface area (Å²) in [7, 11) is 0. The Hall–Kier alpha value is -0.890. The number of fused-ring (bicyclic) bond motifs is 1. The maximum absolute atomic E-state index is 4.29. The summed E-state index contributed by atoms with van der Waals surface area (Å²) < 4.78 is 1.37. The first-order chi connectivity index (χ1) is 5.29. The molecule has 0 N–H and O–H groups in total. The number of hydrogen-bond acceptors (Lipinski definition) is 2. The van der Waals surface area contributed by atoms with Gasteiger partial charge in [-0.05, 0) is 30.9 Å². The molecule has 0 aliphatic rings. The van der Waals surface area contributed by atoms with Gasteiger partial charge in [-0.25, -0.2) is 0 Å². The maximum Gasteiger partial charge on any atom is 0.0459 e. The van der Waals surface area contributed by atoms with Crippen LogP contribution in [0.15, 0.2) is 17.6 Å². The molecule has 0 aliphatic carbocycles. The Bertz CT molecular complexity index is 353. The number of aryl methyl sites for hydroxylation is 2. The molecule has 1 nitrogen and oxygen atoms in total. The van der Waals surface area contributed by atoms with E-state index in [1.807, 2.05) is 6.20 Å². The van der Waals surface area contributed by atoms with E-state index in [1.165, 1.54) is 15.6 Å². The second-order valence-electron chi connectivity index (χ2n) is 2.69. The SMILES string of the molecule is Cc1ncc(C)c2sccc12. The normalized spacial score (nSPS) is 10.7. The Balaban J connectivity index is 2.96. The molecule has 2 heteroatoms. The van der Waals surface area contributed by atoms with Gasteiger partial charge in [-0.2, -0.15) is 0 Å². The highest BCUT2D eigenvalue weighted by Crippen LogP contribution is 2.25. The average molecular weight is 163 g/mol. The molecule has 0 aliphatic heterocycles. The number of pyridine rings is 1. The van der Waals surface area contributed by atoms with Gasteiger partial charge >= 0.3 is 0 Å². The van der Waals surface area contributed by atoms with Crippen LogP contribution in [0.25, 0.3) is 10.1 Å². The summed E-state index contributed by atoms with van der Waals surface area (Å²) in [5.74, 6) is 0. The monoisotopic (exact) mass is 163 g/mol. The second-order valence-corrected chi connectivity index (χ2v) is 3.61. The summed E-state index contributed by atoms with van der Waals surface area (Å²) in [6, 6.07) is 2.13. The number of rotatable bonds is 0. The lowest BCUT2D eigenvalue weighted by Crippen LogP contribution is -1.82. The lowest BCUT2D eigenvalue weighted by atomic mass is 10.2. The van der Waals surface area contributed by atoms with Crippen LogP contribution in [-0.4, -0.2) is 4.98 Å². The first kappa shape index (κ1) is 6.80. The van der Waals surface area contributed by atoms with Crippen molar-refractivity contribution in [2.24, 2.45) is 0 Å². The van der Waals surface area contributed by atoms with Gasteiger partial charge in [0, 0.05) is 22.0 Å². The zero-order valence-corrected chi connectivity index (χ0v) is 7.40. The molecule has 0 bridgehead atoms. The molecule has 2 aromatic rings. The molecular weight excluding hydrogens is 154 g/mol. The third-order valence-electron chi connectivity index (χ3n) is 1.87. The average Bonchev–Trinajstić information content (AvgIpc) is 2.45. The van der Waals surface area contributed by atoms with Gasteiger partial charge in [0.2, 0.25) is 0 Å². The fourth-order valence-corrected chi connectivity index (χ4v) is 2.14. The van der Waals surface area contributed by atoms with Crippen molar-refractivity contribution in [1.29, 1.82) is 0 Å². The van der Waals surface area contributed by atoms with E-state index in [1.54, 1.807) is 11.3 Å². The third-order valence-corrected chi connectivity index (χ3v) is 2.91. The summed E-state index contributed by atoms with van der Waals surface area (Å²) in [5, 5.41) is 3.42. The predicted molar refractivity (Wildman–Crippen MR) is 49.1 cm³/mol. The number of thiophene rings is 1. The highest BCUT2D eigenvalue weighted by Gasteiger charge is 2.00. The summed E-state index contributed by atoms with van der Waals surface area (Å²) in [4.78, 5) is 4.29. The molecular formula is C9H9NS. The van der Waals surface area contributed by atoms with Crippen molar-refractivity contribution in [2.45, 2.75) is 13.8 Å². The number of aromatic nitrogens is 1. The molecule has 0 saturated heterocycles. The maximum atomic E-state index is 4.29. The van der Waals surface area contributed by atoms with Gasteiger partial charge in [0.1, 0.15) is 0 Å². The van der Waals surface area contributed by atoms with E-state index in [0.717, 1.165) is 5.69 Å². The minimum Gasteiger partial charge on any atom is -0.261 e. The van der Waals surface area contributed by atoms with Crippen molar-refractivity contribution in [2.75, 3.05) is 0 Å². The van der Waals surface area contributed by atoms with Gasteiger partial charge in [0.05, 0.1) is 0 Å². The Kier molecular flexibility index (Phi) is 1.43. The molecule has 11 heavy (non-hydrogen) atoms. The van der Waals surface area contributed by atoms with Crippen molar-refractivity contribution in [3.05, 3.63) is 28.9 Å². The molecule has 0 amide bonds. The van der Waals surface area contributed by atoms with Gasteiger partial charge in [-0.3, -0.25) is 4.98 Å². The van der Waals surface area contributed by atoms with Gasteiger partial charge in [-0.15, -0.1) is 11.3 Å². The van der Waals surface area contributed by atoms with E-state index < -0.39 is 0 Å². The molecule has 0 spiro atoms. The predicted octanol–water partition coefficient (Wildman–Crippen LogP) is 2.91. The van der Waals surface area contributed by atoms with Crippen LogP contribution in [0.4, 0.5) is 0 Å². The van der Waals surface area contributed by atoms with Crippen molar-refractivity contribution >= 4 is 21.4 Å². The number of nitrogens with zero attached hydrogens (tertiary/aromatic N) is 1. The molecule has 0 radical (unpaired) electrons. The van der Waals surface area contributed by atoms with Crippen molar-refractivity contribution in [1.82, 2.24) is 4.98 Å². The van der Waals surface area contributed by atoms with E-state index in [4.69, 9.17) is 0 Å². The molecule has 0 saturated carbocycles. The van der Waals surface area contributed by atoms with Gasteiger partial charge in [0.15, 0.2) is 0 Å². The van der Waals surface area contributed by atoms with E-state index in [0.29, 0.717) is 0 Å². The highest BCUT2D eigenvalue weighted by atomic mass is 32.1. The quantitative estimate of drug-likeness (QED) is 0.582.